The highest BCUT2D eigenvalue weighted by molar-refractivity contribution is 14.0. The van der Waals surface area contributed by atoms with Crippen LogP contribution in [0.25, 0.3) is 0 Å². The summed E-state index contributed by atoms with van der Waals surface area (Å²) in [5.74, 6) is 2.75. The third kappa shape index (κ3) is 9.83. The van der Waals surface area contributed by atoms with Gasteiger partial charge in [-0.1, -0.05) is 26.0 Å². The molecule has 6 nitrogen and oxygen atoms in total. The predicted molar refractivity (Wildman–Crippen MR) is 134 cm³/mol. The molecule has 0 saturated carbocycles. The molecule has 2 atom stereocenters. The van der Waals surface area contributed by atoms with E-state index in [0.717, 1.165) is 56.2 Å². The lowest BCUT2D eigenvalue weighted by molar-refractivity contribution is 0.140. The number of aliphatic hydroxyl groups excluding tert-OH is 1. The van der Waals surface area contributed by atoms with Gasteiger partial charge in [-0.3, -0.25) is 0 Å². The quantitative estimate of drug-likeness (QED) is 0.229. The van der Waals surface area contributed by atoms with Crippen LogP contribution < -0.4 is 15.4 Å². The Morgan fingerprint density at radius 1 is 1.33 bits per heavy atom. The van der Waals surface area contributed by atoms with Gasteiger partial charge in [-0.05, 0) is 50.2 Å². The van der Waals surface area contributed by atoms with Gasteiger partial charge in [0.25, 0.3) is 0 Å². The maximum atomic E-state index is 9.34. The Morgan fingerprint density at radius 3 is 2.77 bits per heavy atom. The second-order valence-electron chi connectivity index (χ2n) is 8.30. The van der Waals surface area contributed by atoms with Gasteiger partial charge < -0.3 is 25.2 Å². The van der Waals surface area contributed by atoms with E-state index in [2.05, 4.69) is 56.5 Å². The van der Waals surface area contributed by atoms with Crippen LogP contribution in [0.5, 0.6) is 5.75 Å². The van der Waals surface area contributed by atoms with Crippen molar-refractivity contribution in [1.29, 1.82) is 0 Å². The molecular weight excluding hydrogens is 493 g/mol. The molecule has 0 radical (unpaired) electrons. The number of hydrogen-bond acceptors (Lipinski definition) is 4. The molecule has 1 fully saturated rings. The molecule has 2 unspecified atom stereocenters. The number of aliphatic imine (C=N–C) groups is 1. The van der Waals surface area contributed by atoms with Crippen LogP contribution in [-0.4, -0.2) is 50.1 Å². The van der Waals surface area contributed by atoms with Gasteiger partial charge in [0.1, 0.15) is 11.9 Å². The van der Waals surface area contributed by atoms with Gasteiger partial charge in [-0.25, -0.2) is 4.99 Å². The average Bonchev–Trinajstić information content (AvgIpc) is 3.18. The van der Waals surface area contributed by atoms with E-state index in [0.29, 0.717) is 25.0 Å². The van der Waals surface area contributed by atoms with Crippen molar-refractivity contribution in [1.82, 2.24) is 10.6 Å². The number of rotatable bonds is 11. The minimum atomic E-state index is 0. The monoisotopic (exact) mass is 533 g/mol. The van der Waals surface area contributed by atoms with Gasteiger partial charge in [0, 0.05) is 31.7 Å². The maximum absolute atomic E-state index is 9.34. The summed E-state index contributed by atoms with van der Waals surface area (Å²) in [6, 6.07) is 6.29. The Balaban J connectivity index is 0.00000450. The summed E-state index contributed by atoms with van der Waals surface area (Å²) in [7, 11) is 0. The Bertz CT molecular complexity index is 634. The molecule has 3 N–H and O–H groups in total. The van der Waals surface area contributed by atoms with Crippen LogP contribution >= 0.6 is 24.0 Å². The molecule has 1 aliphatic heterocycles. The molecule has 0 amide bonds. The Hall–Kier alpha value is -1.06. The molecule has 1 aromatic carbocycles. The topological polar surface area (TPSA) is 75.1 Å². The molecule has 1 aromatic rings. The van der Waals surface area contributed by atoms with Crippen LogP contribution in [0.15, 0.2) is 23.2 Å². The molecule has 1 saturated heterocycles. The number of ether oxygens (including phenoxy) is 2. The normalized spacial score (nSPS) is 17.5. The molecule has 1 aliphatic rings. The van der Waals surface area contributed by atoms with Crippen molar-refractivity contribution >= 4 is 29.9 Å². The standard InChI is InChI=1S/C23H39N3O3.HI/c1-5-24-23(25-14-19(8-10-27)12-17(2)3)26-15-20-7-6-18(4)13-22(20)29-21-9-11-28-16-21;/h6-7,13,17,19,21,27H,5,8-12,14-16H2,1-4H3,(H2,24,25,26);1H. The van der Waals surface area contributed by atoms with E-state index < -0.39 is 0 Å². The van der Waals surface area contributed by atoms with Crippen molar-refractivity contribution in [3.63, 3.8) is 0 Å². The lowest BCUT2D eigenvalue weighted by Crippen LogP contribution is -2.40. The zero-order valence-electron chi connectivity index (χ0n) is 18.9. The smallest absolute Gasteiger partial charge is 0.191 e. The van der Waals surface area contributed by atoms with E-state index in [1.807, 2.05) is 0 Å². The number of guanidine groups is 1. The average molecular weight is 533 g/mol. The van der Waals surface area contributed by atoms with Crippen LogP contribution in [0.1, 0.15) is 51.2 Å². The molecule has 0 bridgehead atoms. The molecule has 7 heteroatoms. The molecule has 172 valence electrons. The van der Waals surface area contributed by atoms with E-state index in [-0.39, 0.29) is 36.7 Å². The van der Waals surface area contributed by atoms with E-state index >= 15 is 0 Å². The molecular formula is C23H40IN3O3. The Morgan fingerprint density at radius 2 is 2.13 bits per heavy atom. The van der Waals surface area contributed by atoms with Crippen LogP contribution in [0.4, 0.5) is 0 Å². The van der Waals surface area contributed by atoms with Crippen molar-refractivity contribution in [3.8, 4) is 5.75 Å². The first-order chi connectivity index (χ1) is 14.0. The SMILES string of the molecule is CCNC(=NCc1ccc(C)cc1OC1CCOC1)NCC(CCO)CC(C)C.I. The van der Waals surface area contributed by atoms with Gasteiger partial charge >= 0.3 is 0 Å². The maximum Gasteiger partial charge on any atom is 0.191 e. The molecule has 2 rings (SSSR count). The van der Waals surface area contributed by atoms with E-state index in [1.54, 1.807) is 0 Å². The molecule has 0 aromatic heterocycles. The fourth-order valence-electron chi connectivity index (χ4n) is 3.59. The number of benzene rings is 1. The number of aliphatic hydroxyl groups is 1. The highest BCUT2D eigenvalue weighted by Crippen LogP contribution is 2.24. The highest BCUT2D eigenvalue weighted by atomic mass is 127. The summed E-state index contributed by atoms with van der Waals surface area (Å²) in [6.45, 7) is 12.4. The van der Waals surface area contributed by atoms with Gasteiger partial charge in [-0.2, -0.15) is 0 Å². The Labute approximate surface area is 199 Å². The molecule has 30 heavy (non-hydrogen) atoms. The summed E-state index contributed by atoms with van der Waals surface area (Å²) in [6.07, 6.45) is 2.96. The number of hydrogen-bond donors (Lipinski definition) is 3. The summed E-state index contributed by atoms with van der Waals surface area (Å²) >= 11 is 0. The summed E-state index contributed by atoms with van der Waals surface area (Å²) in [5.41, 5.74) is 2.26. The van der Waals surface area contributed by atoms with Crippen molar-refractivity contribution in [3.05, 3.63) is 29.3 Å². The van der Waals surface area contributed by atoms with Crippen LogP contribution in [0, 0.1) is 18.8 Å². The largest absolute Gasteiger partial charge is 0.488 e. The van der Waals surface area contributed by atoms with Crippen molar-refractivity contribution in [2.24, 2.45) is 16.8 Å². The van der Waals surface area contributed by atoms with E-state index in [1.165, 1.54) is 5.56 Å². The number of nitrogens with zero attached hydrogens (tertiary/aromatic N) is 1. The minimum absolute atomic E-state index is 0. The minimum Gasteiger partial charge on any atom is -0.488 e. The van der Waals surface area contributed by atoms with Gasteiger partial charge in [-0.15, -0.1) is 24.0 Å². The van der Waals surface area contributed by atoms with Crippen molar-refractivity contribution in [2.75, 3.05) is 32.9 Å². The van der Waals surface area contributed by atoms with Crippen molar-refractivity contribution in [2.45, 2.75) is 59.6 Å². The van der Waals surface area contributed by atoms with Crippen LogP contribution in [0.3, 0.4) is 0 Å². The third-order valence-corrected chi connectivity index (χ3v) is 5.06. The van der Waals surface area contributed by atoms with Gasteiger partial charge in [0.2, 0.25) is 0 Å². The third-order valence-electron chi connectivity index (χ3n) is 5.06. The first-order valence-electron chi connectivity index (χ1n) is 11.0. The van der Waals surface area contributed by atoms with E-state index in [9.17, 15) is 5.11 Å². The first kappa shape index (κ1) is 27.0. The zero-order chi connectivity index (χ0) is 21.1. The van der Waals surface area contributed by atoms with Gasteiger partial charge in [0.15, 0.2) is 5.96 Å². The summed E-state index contributed by atoms with van der Waals surface area (Å²) in [4.78, 5) is 4.78. The second kappa shape index (κ2) is 14.9. The second-order valence-corrected chi connectivity index (χ2v) is 8.30. The fraction of sp³-hybridized carbons (Fsp3) is 0.696. The summed E-state index contributed by atoms with van der Waals surface area (Å²) < 4.78 is 11.6. The highest BCUT2D eigenvalue weighted by Gasteiger charge is 2.19. The molecule has 1 heterocycles. The number of halogens is 1. The first-order valence-corrected chi connectivity index (χ1v) is 11.0. The lowest BCUT2D eigenvalue weighted by Gasteiger charge is -2.20. The number of aryl methyl sites for hydroxylation is 1. The molecule has 0 spiro atoms. The van der Waals surface area contributed by atoms with E-state index in [4.69, 9.17) is 14.5 Å². The van der Waals surface area contributed by atoms with Crippen molar-refractivity contribution < 1.29 is 14.6 Å². The molecule has 0 aliphatic carbocycles. The van der Waals surface area contributed by atoms with Crippen LogP contribution in [-0.2, 0) is 11.3 Å². The fourth-order valence-corrected chi connectivity index (χ4v) is 3.59. The predicted octanol–water partition coefficient (Wildman–Crippen LogP) is 3.88. The summed E-state index contributed by atoms with van der Waals surface area (Å²) in [5, 5.41) is 16.1. The lowest BCUT2D eigenvalue weighted by atomic mass is 9.94. The zero-order valence-corrected chi connectivity index (χ0v) is 21.3. The Kier molecular flexibility index (Phi) is 13.4. The van der Waals surface area contributed by atoms with Crippen LogP contribution in [0.2, 0.25) is 0 Å². The number of nitrogens with one attached hydrogen (secondary N) is 2. The van der Waals surface area contributed by atoms with Gasteiger partial charge in [0.05, 0.1) is 19.8 Å².